The van der Waals surface area contributed by atoms with Gasteiger partial charge in [0, 0.05) is 19.8 Å². The zero-order valence-electron chi connectivity index (χ0n) is 12.7. The van der Waals surface area contributed by atoms with E-state index in [1.807, 2.05) is 44.1 Å². The Kier molecular flexibility index (Phi) is 4.47. The Bertz CT molecular complexity index is 664. The lowest BCUT2D eigenvalue weighted by molar-refractivity contribution is 0.103. The van der Waals surface area contributed by atoms with Crippen LogP contribution in [0, 0.1) is 6.92 Å². The number of nitrogens with zero attached hydrogens (tertiary/aromatic N) is 2. The number of aromatic nitrogens is 1. The summed E-state index contributed by atoms with van der Waals surface area (Å²) in [6.07, 6.45) is 0.860. The van der Waals surface area contributed by atoms with E-state index in [0.29, 0.717) is 4.88 Å². The van der Waals surface area contributed by atoms with Crippen LogP contribution in [0.25, 0.3) is 0 Å². The summed E-state index contributed by atoms with van der Waals surface area (Å²) in [4.78, 5) is 18.9. The van der Waals surface area contributed by atoms with Crippen molar-refractivity contribution in [3.63, 3.8) is 0 Å². The largest absolute Gasteiger partial charge is 0.382 e. The van der Waals surface area contributed by atoms with Gasteiger partial charge in [0.2, 0.25) is 0 Å². The Hall–Kier alpha value is -2.08. The van der Waals surface area contributed by atoms with E-state index in [0.717, 1.165) is 28.4 Å². The first-order chi connectivity index (χ1) is 9.93. The van der Waals surface area contributed by atoms with Gasteiger partial charge < -0.3 is 16.0 Å². The van der Waals surface area contributed by atoms with E-state index in [2.05, 4.69) is 17.2 Å². The lowest BCUT2D eigenvalue weighted by Gasteiger charge is -2.12. The molecule has 0 spiro atoms. The number of rotatable bonds is 4. The summed E-state index contributed by atoms with van der Waals surface area (Å²) in [6.45, 7) is 4.05. The van der Waals surface area contributed by atoms with Crippen molar-refractivity contribution in [2.75, 3.05) is 30.0 Å². The Labute approximate surface area is 128 Å². The van der Waals surface area contributed by atoms with Gasteiger partial charge in [-0.25, -0.2) is 4.98 Å². The number of hydrogen-bond donors (Lipinski definition) is 2. The molecule has 2 rings (SSSR count). The van der Waals surface area contributed by atoms with E-state index in [4.69, 9.17) is 5.73 Å². The average Bonchev–Trinajstić information content (AvgIpc) is 2.83. The number of amides is 1. The fourth-order valence-corrected chi connectivity index (χ4v) is 2.85. The van der Waals surface area contributed by atoms with Crippen LogP contribution < -0.4 is 16.0 Å². The van der Waals surface area contributed by atoms with E-state index in [-0.39, 0.29) is 11.7 Å². The predicted octanol–water partition coefficient (Wildman–Crippen LogP) is 2.91. The van der Waals surface area contributed by atoms with E-state index in [1.165, 1.54) is 11.3 Å². The molecule has 1 aromatic heterocycles. The summed E-state index contributed by atoms with van der Waals surface area (Å²) in [6, 6.07) is 6.00. The van der Waals surface area contributed by atoms with Crippen molar-refractivity contribution in [3.05, 3.63) is 34.2 Å². The van der Waals surface area contributed by atoms with Crippen LogP contribution in [0.3, 0.4) is 0 Å². The highest BCUT2D eigenvalue weighted by Crippen LogP contribution is 2.29. The summed E-state index contributed by atoms with van der Waals surface area (Å²) >= 11 is 1.29. The molecule has 0 radical (unpaired) electrons. The van der Waals surface area contributed by atoms with Crippen LogP contribution in [-0.2, 0) is 6.42 Å². The topological polar surface area (TPSA) is 71.2 Å². The van der Waals surface area contributed by atoms with Crippen LogP contribution in [0.5, 0.6) is 0 Å². The summed E-state index contributed by atoms with van der Waals surface area (Å²) < 4.78 is 0. The highest BCUT2D eigenvalue weighted by molar-refractivity contribution is 7.18. The molecule has 0 aliphatic rings. The number of para-hydroxylation sites is 1. The van der Waals surface area contributed by atoms with E-state index < -0.39 is 0 Å². The molecule has 1 amide bonds. The Morgan fingerprint density at radius 2 is 2.14 bits per heavy atom. The van der Waals surface area contributed by atoms with E-state index in [9.17, 15) is 4.79 Å². The molecule has 1 aromatic carbocycles. The van der Waals surface area contributed by atoms with Crippen molar-refractivity contribution in [1.29, 1.82) is 0 Å². The van der Waals surface area contributed by atoms with Gasteiger partial charge in [0.1, 0.15) is 10.7 Å². The van der Waals surface area contributed by atoms with Gasteiger partial charge in [0.15, 0.2) is 5.13 Å². The summed E-state index contributed by atoms with van der Waals surface area (Å²) in [5.74, 6) is 0.0648. The van der Waals surface area contributed by atoms with Gasteiger partial charge in [-0.1, -0.05) is 36.5 Å². The molecule has 2 aromatic rings. The molecule has 5 nitrogen and oxygen atoms in total. The molecule has 1 heterocycles. The molecular formula is C15H20N4OS. The van der Waals surface area contributed by atoms with E-state index >= 15 is 0 Å². The maximum atomic E-state index is 12.5. The van der Waals surface area contributed by atoms with Crippen LogP contribution in [0.1, 0.15) is 27.7 Å². The number of hydrogen-bond acceptors (Lipinski definition) is 5. The fourth-order valence-electron chi connectivity index (χ4n) is 2.05. The molecule has 6 heteroatoms. The molecule has 0 aliphatic carbocycles. The molecule has 21 heavy (non-hydrogen) atoms. The minimum atomic E-state index is -0.206. The van der Waals surface area contributed by atoms with Crippen molar-refractivity contribution >= 4 is 33.9 Å². The minimum Gasteiger partial charge on any atom is -0.382 e. The number of anilines is 3. The molecule has 0 saturated heterocycles. The molecule has 0 unspecified atom stereocenters. The molecule has 112 valence electrons. The third-order valence-electron chi connectivity index (χ3n) is 3.21. The third kappa shape index (κ3) is 3.16. The maximum absolute atomic E-state index is 12.5. The number of nitrogens with one attached hydrogen (secondary N) is 1. The van der Waals surface area contributed by atoms with Gasteiger partial charge in [-0.05, 0) is 24.5 Å². The summed E-state index contributed by atoms with van der Waals surface area (Å²) in [5, 5.41) is 3.69. The smallest absolute Gasteiger partial charge is 0.269 e. The second-order valence-electron chi connectivity index (χ2n) is 5.02. The first kappa shape index (κ1) is 15.3. The normalized spacial score (nSPS) is 10.5. The van der Waals surface area contributed by atoms with Crippen molar-refractivity contribution in [2.45, 2.75) is 20.3 Å². The second kappa shape index (κ2) is 6.13. The average molecular weight is 304 g/mol. The Morgan fingerprint density at radius 1 is 1.43 bits per heavy atom. The quantitative estimate of drug-likeness (QED) is 0.911. The second-order valence-corrected chi connectivity index (χ2v) is 6.00. The van der Waals surface area contributed by atoms with Crippen molar-refractivity contribution in [1.82, 2.24) is 4.98 Å². The fraction of sp³-hybridized carbons (Fsp3) is 0.333. The standard InChI is InChI=1S/C15H20N4OS/c1-5-10-8-6-7-9(2)11(10)17-14(20)12-13(16)18-15(21-12)19(3)4/h6-8H,5,16H2,1-4H3,(H,17,20). The SMILES string of the molecule is CCc1cccc(C)c1NC(=O)c1sc(N(C)C)nc1N. The molecular weight excluding hydrogens is 284 g/mol. The van der Waals surface area contributed by atoms with Gasteiger partial charge in [0.25, 0.3) is 5.91 Å². The lowest BCUT2D eigenvalue weighted by atomic mass is 10.1. The highest BCUT2D eigenvalue weighted by Gasteiger charge is 2.18. The van der Waals surface area contributed by atoms with Gasteiger partial charge >= 0.3 is 0 Å². The van der Waals surface area contributed by atoms with Gasteiger partial charge in [-0.2, -0.15) is 0 Å². The van der Waals surface area contributed by atoms with Crippen LogP contribution >= 0.6 is 11.3 Å². The number of benzene rings is 1. The molecule has 0 aliphatic heterocycles. The van der Waals surface area contributed by atoms with Gasteiger partial charge in [0.05, 0.1) is 0 Å². The van der Waals surface area contributed by atoms with E-state index in [1.54, 1.807) is 0 Å². The minimum absolute atomic E-state index is 0.206. The Balaban J connectivity index is 2.30. The first-order valence-corrected chi connectivity index (χ1v) is 7.59. The zero-order valence-corrected chi connectivity index (χ0v) is 13.5. The zero-order chi connectivity index (χ0) is 15.6. The number of nitrogens with two attached hydrogens (primary N) is 1. The Morgan fingerprint density at radius 3 is 2.71 bits per heavy atom. The molecule has 0 bridgehead atoms. The summed E-state index contributed by atoms with van der Waals surface area (Å²) in [7, 11) is 3.74. The van der Waals surface area contributed by atoms with Crippen LogP contribution in [0.4, 0.5) is 16.6 Å². The van der Waals surface area contributed by atoms with Gasteiger partial charge in [-0.15, -0.1) is 0 Å². The molecule has 0 atom stereocenters. The number of nitrogen functional groups attached to an aromatic ring is 1. The molecule has 3 N–H and O–H groups in total. The molecule has 0 fully saturated rings. The van der Waals surface area contributed by atoms with Crippen LogP contribution in [0.15, 0.2) is 18.2 Å². The van der Waals surface area contributed by atoms with Crippen molar-refractivity contribution in [2.24, 2.45) is 0 Å². The van der Waals surface area contributed by atoms with Crippen LogP contribution in [0.2, 0.25) is 0 Å². The monoisotopic (exact) mass is 304 g/mol. The number of aryl methyl sites for hydroxylation is 2. The molecule has 0 saturated carbocycles. The maximum Gasteiger partial charge on any atom is 0.269 e. The van der Waals surface area contributed by atoms with Crippen molar-refractivity contribution < 1.29 is 4.79 Å². The van der Waals surface area contributed by atoms with Gasteiger partial charge in [-0.3, -0.25) is 4.79 Å². The predicted molar refractivity (Wildman–Crippen MR) is 89.4 cm³/mol. The number of carbonyl (C=O) groups excluding carboxylic acids is 1. The third-order valence-corrected chi connectivity index (χ3v) is 4.45. The highest BCUT2D eigenvalue weighted by atomic mass is 32.1. The lowest BCUT2D eigenvalue weighted by Crippen LogP contribution is -2.14. The number of carbonyl (C=O) groups is 1. The number of thiazole rings is 1. The first-order valence-electron chi connectivity index (χ1n) is 6.77. The van der Waals surface area contributed by atoms with Crippen molar-refractivity contribution in [3.8, 4) is 0 Å². The van der Waals surface area contributed by atoms with Crippen LogP contribution in [-0.4, -0.2) is 25.0 Å². The summed E-state index contributed by atoms with van der Waals surface area (Å²) in [5.41, 5.74) is 8.87.